The number of carbonyl (C=O) groups excluding carboxylic acids is 1. The molecular weight excluding hydrogens is 408 g/mol. The monoisotopic (exact) mass is 434 g/mol. The number of hydrogen-bond donors (Lipinski definition) is 1. The van der Waals surface area contributed by atoms with Gasteiger partial charge in [-0.1, -0.05) is 48.0 Å². The van der Waals surface area contributed by atoms with Crippen LogP contribution in [-0.2, 0) is 0 Å². The van der Waals surface area contributed by atoms with Gasteiger partial charge in [0, 0.05) is 22.7 Å². The summed E-state index contributed by atoms with van der Waals surface area (Å²) in [6.45, 7) is 6.66. The first-order chi connectivity index (χ1) is 15.0. The number of carbonyl (C=O) groups is 1. The van der Waals surface area contributed by atoms with Gasteiger partial charge in [-0.2, -0.15) is 4.98 Å². The molecule has 1 atom stereocenters. The Kier molecular flexibility index (Phi) is 6.13. The molecule has 0 saturated heterocycles. The Bertz CT molecular complexity index is 1120. The van der Waals surface area contributed by atoms with Gasteiger partial charge >= 0.3 is 6.03 Å². The van der Waals surface area contributed by atoms with Crippen LogP contribution in [0.3, 0.4) is 0 Å². The summed E-state index contributed by atoms with van der Waals surface area (Å²) in [5, 5.41) is 7.36. The van der Waals surface area contributed by atoms with Crippen molar-refractivity contribution in [3.8, 4) is 11.4 Å². The Hall–Kier alpha value is -3.06. The first kappa shape index (κ1) is 21.2. The van der Waals surface area contributed by atoms with Crippen LogP contribution in [-0.4, -0.2) is 33.9 Å². The fourth-order valence-electron chi connectivity index (χ4n) is 3.83. The largest absolute Gasteiger partial charge is 0.334 e. The molecule has 0 radical (unpaired) electrons. The summed E-state index contributed by atoms with van der Waals surface area (Å²) in [7, 11) is 0. The van der Waals surface area contributed by atoms with Gasteiger partial charge < -0.3 is 9.84 Å². The third-order valence-corrected chi connectivity index (χ3v) is 6.17. The Balaban J connectivity index is 1.80. The lowest BCUT2D eigenvalue weighted by atomic mass is 9.94. The normalized spacial score (nSPS) is 16.6. The summed E-state index contributed by atoms with van der Waals surface area (Å²) in [5.74, 6) is 0.962. The zero-order chi connectivity index (χ0) is 22.0. The quantitative estimate of drug-likeness (QED) is 0.506. The summed E-state index contributed by atoms with van der Waals surface area (Å²) in [6.07, 6.45) is 2.89. The topological polar surface area (TPSA) is 71.3 Å². The number of rotatable bonds is 6. The molecule has 0 saturated carbocycles. The molecule has 0 aliphatic carbocycles. The van der Waals surface area contributed by atoms with Gasteiger partial charge in [-0.05, 0) is 50.3 Å². The molecule has 1 aliphatic rings. The number of aromatic nitrogens is 2. The lowest BCUT2D eigenvalue weighted by molar-refractivity contribution is 0.205. The van der Waals surface area contributed by atoms with E-state index in [1.54, 1.807) is 16.7 Å². The fraction of sp³-hybridized carbons (Fsp3) is 0.292. The van der Waals surface area contributed by atoms with Crippen LogP contribution in [0.25, 0.3) is 17.0 Å². The van der Waals surface area contributed by atoms with Crippen molar-refractivity contribution in [3.63, 3.8) is 0 Å². The molecule has 1 unspecified atom stereocenters. The Labute approximate surface area is 186 Å². The molecule has 3 aromatic rings. The minimum atomic E-state index is -0.359. The van der Waals surface area contributed by atoms with Crippen LogP contribution in [0.15, 0.2) is 63.6 Å². The molecule has 0 fully saturated rings. The molecule has 160 valence electrons. The van der Waals surface area contributed by atoms with E-state index < -0.39 is 0 Å². The zero-order valence-electron chi connectivity index (χ0n) is 18.2. The van der Waals surface area contributed by atoms with Gasteiger partial charge in [-0.25, -0.2) is 4.79 Å². The summed E-state index contributed by atoms with van der Waals surface area (Å²) < 4.78 is 5.73. The second-order valence-electron chi connectivity index (χ2n) is 7.60. The number of nitrogens with one attached hydrogen (secondary N) is 1. The number of allylic oxidation sites excluding steroid dienone is 1. The maximum Gasteiger partial charge on any atom is 0.322 e. The lowest BCUT2D eigenvalue weighted by Gasteiger charge is -2.35. The van der Waals surface area contributed by atoms with Crippen LogP contribution in [0.2, 0.25) is 0 Å². The summed E-state index contributed by atoms with van der Waals surface area (Å²) >= 11 is 1.68. The van der Waals surface area contributed by atoms with Crippen LogP contribution in [0.4, 0.5) is 4.79 Å². The van der Waals surface area contributed by atoms with Gasteiger partial charge in [0.15, 0.2) is 0 Å². The highest BCUT2D eigenvalue weighted by atomic mass is 32.2. The molecule has 4 rings (SSSR count). The summed E-state index contributed by atoms with van der Waals surface area (Å²) in [6, 6.07) is 15.7. The molecule has 31 heavy (non-hydrogen) atoms. The van der Waals surface area contributed by atoms with Crippen LogP contribution in [0.5, 0.6) is 0 Å². The summed E-state index contributed by atoms with van der Waals surface area (Å²) in [5.41, 5.74) is 4.68. The predicted octanol–water partition coefficient (Wildman–Crippen LogP) is 5.67. The zero-order valence-corrected chi connectivity index (χ0v) is 19.0. The van der Waals surface area contributed by atoms with Crippen molar-refractivity contribution in [1.82, 2.24) is 20.4 Å². The predicted molar refractivity (Wildman–Crippen MR) is 124 cm³/mol. The van der Waals surface area contributed by atoms with Gasteiger partial charge in [0.2, 0.25) is 5.82 Å². The number of urea groups is 1. The number of nitrogens with zero attached hydrogens (tertiary/aromatic N) is 3. The van der Waals surface area contributed by atoms with Crippen LogP contribution < -0.4 is 5.32 Å². The number of thioether (sulfide) groups is 1. The second kappa shape index (κ2) is 8.98. The smallest absolute Gasteiger partial charge is 0.322 e. The molecule has 2 heterocycles. The number of hydrogen-bond acceptors (Lipinski definition) is 5. The molecular formula is C24H26N4O2S. The molecule has 6 nitrogen and oxygen atoms in total. The van der Waals surface area contributed by atoms with Crippen LogP contribution in [0, 0.1) is 6.92 Å². The van der Waals surface area contributed by atoms with E-state index in [0.717, 1.165) is 34.4 Å². The first-order valence-corrected chi connectivity index (χ1v) is 11.6. The van der Waals surface area contributed by atoms with Gasteiger partial charge in [0.25, 0.3) is 5.89 Å². The van der Waals surface area contributed by atoms with E-state index in [0.29, 0.717) is 18.3 Å². The highest BCUT2D eigenvalue weighted by Gasteiger charge is 2.35. The third kappa shape index (κ3) is 4.23. The Morgan fingerprint density at radius 2 is 1.94 bits per heavy atom. The van der Waals surface area contributed by atoms with Crippen molar-refractivity contribution in [1.29, 1.82) is 0 Å². The third-order valence-electron chi connectivity index (χ3n) is 5.43. The van der Waals surface area contributed by atoms with Gasteiger partial charge in [-0.15, -0.1) is 11.8 Å². The minimum Gasteiger partial charge on any atom is -0.334 e. The molecule has 1 N–H and O–H groups in total. The minimum absolute atomic E-state index is 0.111. The van der Waals surface area contributed by atoms with Crippen molar-refractivity contribution < 1.29 is 9.32 Å². The van der Waals surface area contributed by atoms with E-state index >= 15 is 0 Å². The summed E-state index contributed by atoms with van der Waals surface area (Å²) in [4.78, 5) is 20.5. The van der Waals surface area contributed by atoms with E-state index in [9.17, 15) is 4.79 Å². The van der Waals surface area contributed by atoms with E-state index in [1.165, 1.54) is 4.90 Å². The average Bonchev–Trinajstić information content (AvgIpc) is 3.26. The molecule has 2 amide bonds. The van der Waals surface area contributed by atoms with Gasteiger partial charge in [-0.3, -0.25) is 4.90 Å². The SMILES string of the molecule is CCCN1C(=O)NC(c2ccc(SC)cc2)C(c2nc(-c3cccc(C)c3)no2)=C1C. The number of aryl methyl sites for hydroxylation is 1. The maximum atomic E-state index is 12.9. The van der Waals surface area contributed by atoms with Crippen molar-refractivity contribution in [2.24, 2.45) is 0 Å². The Morgan fingerprint density at radius 1 is 1.16 bits per heavy atom. The van der Waals surface area contributed by atoms with Gasteiger partial charge in [0.05, 0.1) is 11.6 Å². The average molecular weight is 435 g/mol. The lowest BCUT2D eigenvalue weighted by Crippen LogP contribution is -2.46. The van der Waals surface area contributed by atoms with Gasteiger partial charge in [0.1, 0.15) is 0 Å². The number of amides is 2. The first-order valence-electron chi connectivity index (χ1n) is 10.4. The molecule has 1 aliphatic heterocycles. The molecule has 2 aromatic carbocycles. The highest BCUT2D eigenvalue weighted by molar-refractivity contribution is 7.98. The second-order valence-corrected chi connectivity index (χ2v) is 8.48. The van der Waals surface area contributed by atoms with E-state index in [4.69, 9.17) is 9.51 Å². The van der Waals surface area contributed by atoms with Crippen LogP contribution >= 0.6 is 11.8 Å². The van der Waals surface area contributed by atoms with E-state index in [-0.39, 0.29) is 12.1 Å². The standard InChI is InChI=1S/C24H26N4O2S/c1-5-13-28-16(3)20(21(25-24(28)29)17-9-11-19(31-4)12-10-17)23-26-22(27-30-23)18-8-6-7-15(2)14-18/h6-12,14,21H,5,13H2,1-4H3,(H,25,29). The van der Waals surface area contributed by atoms with E-state index in [1.807, 2.05) is 56.5 Å². The fourth-order valence-corrected chi connectivity index (χ4v) is 4.24. The van der Waals surface area contributed by atoms with Crippen molar-refractivity contribution in [2.75, 3.05) is 12.8 Å². The van der Waals surface area contributed by atoms with E-state index in [2.05, 4.69) is 29.5 Å². The molecule has 1 aromatic heterocycles. The molecule has 0 bridgehead atoms. The van der Waals surface area contributed by atoms with Crippen molar-refractivity contribution >= 4 is 23.4 Å². The molecule has 7 heteroatoms. The Morgan fingerprint density at radius 3 is 2.61 bits per heavy atom. The van der Waals surface area contributed by atoms with Crippen LogP contribution in [0.1, 0.15) is 43.3 Å². The van der Waals surface area contributed by atoms with Crippen molar-refractivity contribution in [3.05, 3.63) is 71.2 Å². The number of benzene rings is 2. The highest BCUT2D eigenvalue weighted by Crippen LogP contribution is 2.37. The molecule has 0 spiro atoms. The van der Waals surface area contributed by atoms with Crippen molar-refractivity contribution in [2.45, 2.75) is 38.1 Å². The maximum absolute atomic E-state index is 12.9.